The minimum atomic E-state index is -2.00. The van der Waals surface area contributed by atoms with E-state index in [1.165, 1.54) is 12.8 Å². The van der Waals surface area contributed by atoms with E-state index in [4.69, 9.17) is 47.4 Å². The number of hydrogen-bond acceptors (Lipinski definition) is 22. The molecule has 4 saturated carbocycles. The van der Waals surface area contributed by atoms with Gasteiger partial charge in [0, 0.05) is 12.3 Å². The Morgan fingerprint density at radius 1 is 0.514 bits per heavy atom. The summed E-state index contributed by atoms with van der Waals surface area (Å²) < 4.78 is 61.4. The Bertz CT molecular complexity index is 1830. The maximum absolute atomic E-state index is 11.8. The van der Waals surface area contributed by atoms with Gasteiger partial charge in [-0.15, -0.1) is 0 Å². The second-order valence-corrected chi connectivity index (χ2v) is 23.9. The van der Waals surface area contributed by atoms with Crippen LogP contribution in [0, 0.1) is 52.3 Å². The topological polar surface area (TPSA) is 335 Å². The van der Waals surface area contributed by atoms with Crippen LogP contribution in [0.2, 0.25) is 0 Å². The van der Waals surface area contributed by atoms with Crippen molar-refractivity contribution in [3.8, 4) is 0 Å². The summed E-state index contributed by atoms with van der Waals surface area (Å²) in [5.74, 6) is 3.06. The molecular formula is C50H82O22. The monoisotopic (exact) mass is 1030 g/mol. The summed E-state index contributed by atoms with van der Waals surface area (Å²) >= 11 is 0. The molecule has 4 aliphatic carbocycles. The molecule has 0 aromatic heterocycles. The number of fused-ring (bicyclic) bond motifs is 7. The van der Waals surface area contributed by atoms with Crippen LogP contribution in [0.15, 0.2) is 0 Å². The van der Waals surface area contributed by atoms with Crippen molar-refractivity contribution in [2.24, 2.45) is 52.3 Å². The van der Waals surface area contributed by atoms with E-state index >= 15 is 0 Å². The number of aliphatic hydroxyl groups excluding tert-OH is 12. The SMILES string of the molecule is C[C@@H]1CC[C@@]2(OC1)O[C@H]1C[C@H]3[C@@H]4CC[C@H]5C[C@@H](OC6O[C@H](CO)[C@H](OC7O[C@H](CO)[C@@H](O)[C@H](OC8OC[C@@H](O)[C@H](O)[C@H]8O)[C@H]7OC7O[C@H](CO)[C@@H](O)[C@H](O)[C@H]7O)[C@H](O)[C@H]6O)CC[C@]5(C)[C@H]4CC[C@]3(C)[C@H]1[C@@H]2C. The van der Waals surface area contributed by atoms with Gasteiger partial charge in [0.05, 0.1) is 45.2 Å². The van der Waals surface area contributed by atoms with Crippen molar-refractivity contribution in [1.82, 2.24) is 0 Å². The Morgan fingerprint density at radius 3 is 1.85 bits per heavy atom. The van der Waals surface area contributed by atoms with Gasteiger partial charge in [-0.05, 0) is 104 Å². The van der Waals surface area contributed by atoms with E-state index < -0.39 is 149 Å². The van der Waals surface area contributed by atoms with Crippen LogP contribution in [0.4, 0.5) is 0 Å². The normalized spacial score (nSPS) is 57.8. The molecule has 10 fully saturated rings. The minimum Gasteiger partial charge on any atom is -0.394 e. The van der Waals surface area contributed by atoms with Gasteiger partial charge in [-0.2, -0.15) is 0 Å². The smallest absolute Gasteiger partial charge is 0.187 e. The van der Waals surface area contributed by atoms with Crippen LogP contribution < -0.4 is 0 Å². The number of hydrogen-bond donors (Lipinski definition) is 12. The maximum Gasteiger partial charge on any atom is 0.187 e. The highest BCUT2D eigenvalue weighted by atomic mass is 16.8. The zero-order chi connectivity index (χ0) is 51.3. The van der Waals surface area contributed by atoms with Crippen molar-refractivity contribution in [2.75, 3.05) is 33.0 Å². The lowest BCUT2D eigenvalue weighted by molar-refractivity contribution is -0.404. The summed E-state index contributed by atoms with van der Waals surface area (Å²) in [6.07, 6.45) is -22.9. The molecule has 10 rings (SSSR count). The van der Waals surface area contributed by atoms with Crippen molar-refractivity contribution >= 4 is 0 Å². The third-order valence-electron chi connectivity index (χ3n) is 20.0. The summed E-state index contributed by atoms with van der Waals surface area (Å²) in [6.45, 7) is 7.42. The molecule has 0 bridgehead atoms. The first-order valence-electron chi connectivity index (χ1n) is 26.7. The molecule has 0 amide bonds. The van der Waals surface area contributed by atoms with Gasteiger partial charge in [0.2, 0.25) is 0 Å². The van der Waals surface area contributed by atoms with Crippen molar-refractivity contribution in [3.63, 3.8) is 0 Å². The molecule has 6 aliphatic heterocycles. The summed E-state index contributed by atoms with van der Waals surface area (Å²) in [6, 6.07) is 0. The van der Waals surface area contributed by atoms with Crippen molar-refractivity contribution in [2.45, 2.75) is 227 Å². The molecule has 72 heavy (non-hydrogen) atoms. The van der Waals surface area contributed by atoms with Gasteiger partial charge in [-0.3, -0.25) is 0 Å². The standard InChI is InChI=1S/C50H82O22/c1-20-7-12-50(64-18-20)21(2)32-28(72-50)14-26-24-6-5-22-13-23(8-10-48(22,3)25(24)9-11-49(26,32)4)65-45-40(62)37(59)41(31(17-53)68-45)69-47-43(71-46-39(61)36(58)34(56)29(15-51)66-46)42(35(57)30(16-52)67-47)70-44-38(60)33(55)27(54)19-63-44/h20-47,51-62H,5-19H2,1-4H3/t20-,21+,22+,23+,24-,25+,26+,27-,28+,29-,30-,31-,32+,33+,34-,35-,36+,37-,38-,39-,40-,41+,42+,43-,44?,45?,46?,47?,48+,49+,50-/m1/s1. The molecule has 22 nitrogen and oxygen atoms in total. The molecule has 12 N–H and O–H groups in total. The third-order valence-corrected chi connectivity index (χ3v) is 20.0. The molecule has 0 aromatic carbocycles. The third kappa shape index (κ3) is 9.26. The maximum atomic E-state index is 11.8. The highest BCUT2D eigenvalue weighted by Crippen LogP contribution is 2.71. The number of rotatable bonds is 11. The molecule has 6 heterocycles. The average molecular weight is 1040 g/mol. The predicted octanol–water partition coefficient (Wildman–Crippen LogP) is -2.27. The quantitative estimate of drug-likeness (QED) is 0.0971. The molecule has 0 radical (unpaired) electrons. The Morgan fingerprint density at radius 2 is 1.14 bits per heavy atom. The van der Waals surface area contributed by atoms with Crippen LogP contribution in [-0.4, -0.2) is 229 Å². The van der Waals surface area contributed by atoms with Gasteiger partial charge in [0.25, 0.3) is 0 Å². The number of aliphatic hydroxyl groups is 12. The molecule has 22 heteroatoms. The van der Waals surface area contributed by atoms with Crippen molar-refractivity contribution in [1.29, 1.82) is 0 Å². The van der Waals surface area contributed by atoms with Crippen LogP contribution >= 0.6 is 0 Å². The Labute approximate surface area is 419 Å². The molecule has 1 spiro atoms. The summed E-state index contributed by atoms with van der Waals surface area (Å²) in [5.41, 5.74) is 0.293. The fourth-order valence-corrected chi connectivity index (χ4v) is 15.9. The molecule has 4 unspecified atom stereocenters. The molecule has 414 valence electrons. The van der Waals surface area contributed by atoms with E-state index in [0.717, 1.165) is 51.6 Å². The zero-order valence-corrected chi connectivity index (χ0v) is 41.7. The van der Waals surface area contributed by atoms with Crippen molar-refractivity contribution in [3.05, 3.63) is 0 Å². The lowest BCUT2D eigenvalue weighted by atomic mass is 9.44. The van der Waals surface area contributed by atoms with Gasteiger partial charge < -0.3 is 109 Å². The molecule has 6 saturated heterocycles. The van der Waals surface area contributed by atoms with E-state index in [2.05, 4.69) is 27.7 Å². The Balaban J connectivity index is 0.812. The zero-order valence-electron chi connectivity index (χ0n) is 41.7. The second kappa shape index (κ2) is 21.1. The Kier molecular flexibility index (Phi) is 15.9. The van der Waals surface area contributed by atoms with Gasteiger partial charge >= 0.3 is 0 Å². The average Bonchev–Trinajstić information content (AvgIpc) is 3.82. The largest absolute Gasteiger partial charge is 0.394 e. The van der Waals surface area contributed by atoms with Crippen LogP contribution in [0.3, 0.4) is 0 Å². The molecule has 10 aliphatic rings. The van der Waals surface area contributed by atoms with E-state index in [0.29, 0.717) is 47.8 Å². The van der Waals surface area contributed by atoms with Crippen LogP contribution in [-0.2, 0) is 47.4 Å². The first-order valence-corrected chi connectivity index (χ1v) is 26.7. The van der Waals surface area contributed by atoms with Crippen LogP contribution in [0.1, 0.15) is 91.9 Å². The van der Waals surface area contributed by atoms with Gasteiger partial charge in [-0.25, -0.2) is 0 Å². The first-order chi connectivity index (χ1) is 34.3. The predicted molar refractivity (Wildman–Crippen MR) is 242 cm³/mol. The minimum absolute atomic E-state index is 0.0916. The lowest BCUT2D eigenvalue weighted by Gasteiger charge is -2.61. The fourth-order valence-electron chi connectivity index (χ4n) is 15.9. The van der Waals surface area contributed by atoms with Gasteiger partial charge in [0.1, 0.15) is 91.6 Å². The highest BCUT2D eigenvalue weighted by molar-refractivity contribution is 5.15. The summed E-state index contributed by atoms with van der Waals surface area (Å²) in [7, 11) is 0. The number of ether oxygens (including phenoxy) is 10. The summed E-state index contributed by atoms with van der Waals surface area (Å²) in [4.78, 5) is 0. The molecular weight excluding hydrogens is 953 g/mol. The molecule has 31 atom stereocenters. The second-order valence-electron chi connectivity index (χ2n) is 23.9. The van der Waals surface area contributed by atoms with Gasteiger partial charge in [0.15, 0.2) is 30.9 Å². The fraction of sp³-hybridized carbons (Fsp3) is 1.00. The molecule has 0 aromatic rings. The highest BCUT2D eigenvalue weighted by Gasteiger charge is 2.69. The Hall–Kier alpha value is -0.880. The van der Waals surface area contributed by atoms with E-state index in [-0.39, 0.29) is 23.0 Å². The van der Waals surface area contributed by atoms with Gasteiger partial charge in [-0.1, -0.05) is 27.7 Å². The van der Waals surface area contributed by atoms with Crippen LogP contribution in [0.5, 0.6) is 0 Å². The van der Waals surface area contributed by atoms with E-state index in [1.54, 1.807) is 0 Å². The van der Waals surface area contributed by atoms with E-state index in [1.807, 2.05) is 0 Å². The lowest BCUT2D eigenvalue weighted by Crippen LogP contribution is -2.68. The first kappa shape index (κ1) is 54.5. The summed E-state index contributed by atoms with van der Waals surface area (Å²) in [5, 5.41) is 129. The van der Waals surface area contributed by atoms with Crippen LogP contribution in [0.25, 0.3) is 0 Å². The van der Waals surface area contributed by atoms with Crippen molar-refractivity contribution < 1.29 is 109 Å². The van der Waals surface area contributed by atoms with E-state index in [9.17, 15) is 61.3 Å².